The molecule has 1 heterocycles. The molecule has 1 saturated heterocycles. The smallest absolute Gasteiger partial charge is 0.321 e. The number of rotatable bonds is 3. The molecule has 8 nitrogen and oxygen atoms in total. The maximum absolute atomic E-state index is 12.2. The van der Waals surface area contributed by atoms with E-state index in [1.54, 1.807) is 19.9 Å². The van der Waals surface area contributed by atoms with Crippen molar-refractivity contribution in [3.05, 3.63) is 33.4 Å². The number of aliphatic carboxylic acids is 1. The Morgan fingerprint density at radius 2 is 2.05 bits per heavy atom. The van der Waals surface area contributed by atoms with Crippen LogP contribution in [0.4, 0.5) is 16.2 Å². The number of benzene rings is 1. The van der Waals surface area contributed by atoms with Crippen LogP contribution < -0.4 is 5.32 Å². The molecule has 1 atom stereocenters. The third-order valence-corrected chi connectivity index (χ3v) is 3.81. The van der Waals surface area contributed by atoms with Gasteiger partial charge in [0.15, 0.2) is 0 Å². The molecule has 1 unspecified atom stereocenters. The average molecular weight is 307 g/mol. The number of hydrogen-bond donors (Lipinski definition) is 2. The lowest BCUT2D eigenvalue weighted by atomic mass is 10.1. The standard InChI is InChI=1S/C14H17N3O5/c1-8-6-12(17(21)22)9(2)5-11(8)15-14(20)16-4-3-10(7-16)13(18)19/h5-6,10H,3-4,7H2,1-2H3,(H,15,20)(H,18,19). The van der Waals surface area contributed by atoms with E-state index in [1.165, 1.54) is 11.0 Å². The van der Waals surface area contributed by atoms with Crippen LogP contribution in [0.1, 0.15) is 17.5 Å². The van der Waals surface area contributed by atoms with Crippen LogP contribution in [0, 0.1) is 29.9 Å². The summed E-state index contributed by atoms with van der Waals surface area (Å²) in [7, 11) is 0. The number of carboxylic acid groups (broad SMARTS) is 1. The molecule has 2 amide bonds. The van der Waals surface area contributed by atoms with Gasteiger partial charge < -0.3 is 15.3 Å². The average Bonchev–Trinajstić information content (AvgIpc) is 2.92. The van der Waals surface area contributed by atoms with E-state index in [0.29, 0.717) is 29.8 Å². The number of urea groups is 1. The third kappa shape index (κ3) is 3.16. The Bertz CT molecular complexity index is 644. The molecule has 0 aliphatic carbocycles. The first-order valence-corrected chi connectivity index (χ1v) is 6.84. The summed E-state index contributed by atoms with van der Waals surface area (Å²) in [6.45, 7) is 3.83. The van der Waals surface area contributed by atoms with Gasteiger partial charge in [0.2, 0.25) is 0 Å². The molecule has 1 aliphatic heterocycles. The van der Waals surface area contributed by atoms with Gasteiger partial charge in [0.05, 0.1) is 10.8 Å². The highest BCUT2D eigenvalue weighted by atomic mass is 16.6. The highest BCUT2D eigenvalue weighted by molar-refractivity contribution is 5.91. The van der Waals surface area contributed by atoms with E-state index >= 15 is 0 Å². The summed E-state index contributed by atoms with van der Waals surface area (Å²) in [6.07, 6.45) is 0.432. The third-order valence-electron chi connectivity index (χ3n) is 3.81. The lowest BCUT2D eigenvalue weighted by Gasteiger charge is -2.18. The molecule has 8 heteroatoms. The lowest BCUT2D eigenvalue weighted by Crippen LogP contribution is -2.34. The van der Waals surface area contributed by atoms with Crippen LogP contribution in [0.5, 0.6) is 0 Å². The van der Waals surface area contributed by atoms with E-state index in [-0.39, 0.29) is 18.3 Å². The zero-order valence-electron chi connectivity index (χ0n) is 12.3. The predicted molar refractivity (Wildman–Crippen MR) is 78.9 cm³/mol. The normalized spacial score (nSPS) is 17.4. The van der Waals surface area contributed by atoms with Crippen molar-refractivity contribution in [2.45, 2.75) is 20.3 Å². The minimum atomic E-state index is -0.905. The summed E-state index contributed by atoms with van der Waals surface area (Å²) in [5.74, 6) is -1.44. The summed E-state index contributed by atoms with van der Waals surface area (Å²) in [4.78, 5) is 34.9. The second-order valence-electron chi connectivity index (χ2n) is 5.41. The molecule has 1 aromatic carbocycles. The molecular weight excluding hydrogens is 290 g/mol. The van der Waals surface area contributed by atoms with Crippen molar-refractivity contribution in [1.29, 1.82) is 0 Å². The molecule has 1 aromatic rings. The van der Waals surface area contributed by atoms with Crippen molar-refractivity contribution < 1.29 is 19.6 Å². The Labute approximate surface area is 126 Å². The Morgan fingerprint density at radius 1 is 1.36 bits per heavy atom. The van der Waals surface area contributed by atoms with Crippen LogP contribution in [0.15, 0.2) is 12.1 Å². The number of carbonyl (C=O) groups excluding carboxylic acids is 1. The van der Waals surface area contributed by atoms with Crippen LogP contribution in [-0.2, 0) is 4.79 Å². The molecule has 0 radical (unpaired) electrons. The maximum atomic E-state index is 12.2. The molecule has 2 rings (SSSR count). The lowest BCUT2D eigenvalue weighted by molar-refractivity contribution is -0.385. The minimum absolute atomic E-state index is 0.00242. The molecule has 0 bridgehead atoms. The van der Waals surface area contributed by atoms with Gasteiger partial charge >= 0.3 is 12.0 Å². The number of aryl methyl sites for hydroxylation is 2. The topological polar surface area (TPSA) is 113 Å². The van der Waals surface area contributed by atoms with E-state index in [9.17, 15) is 19.7 Å². The van der Waals surface area contributed by atoms with Gasteiger partial charge in [-0.1, -0.05) is 0 Å². The van der Waals surface area contributed by atoms with Crippen molar-refractivity contribution in [2.24, 2.45) is 5.92 Å². The van der Waals surface area contributed by atoms with E-state index in [1.807, 2.05) is 0 Å². The van der Waals surface area contributed by atoms with E-state index < -0.39 is 16.8 Å². The van der Waals surface area contributed by atoms with Crippen LogP contribution in [0.25, 0.3) is 0 Å². The Balaban J connectivity index is 2.11. The number of likely N-dealkylation sites (tertiary alicyclic amines) is 1. The monoisotopic (exact) mass is 307 g/mol. The SMILES string of the molecule is Cc1cc([N+](=O)[O-])c(C)cc1NC(=O)N1CCC(C(=O)O)C1. The van der Waals surface area contributed by atoms with Crippen molar-refractivity contribution in [3.8, 4) is 0 Å². The quantitative estimate of drug-likeness (QED) is 0.656. The van der Waals surface area contributed by atoms with Gasteiger partial charge in [0, 0.05) is 30.4 Å². The molecule has 2 N–H and O–H groups in total. The number of carboxylic acids is 1. The fourth-order valence-electron chi connectivity index (χ4n) is 2.47. The first-order chi connectivity index (χ1) is 10.3. The summed E-state index contributed by atoms with van der Waals surface area (Å²) < 4.78 is 0. The van der Waals surface area contributed by atoms with Gasteiger partial charge in [-0.05, 0) is 31.9 Å². The zero-order chi connectivity index (χ0) is 16.4. The highest BCUT2D eigenvalue weighted by Gasteiger charge is 2.31. The number of nitro benzene ring substituents is 1. The first-order valence-electron chi connectivity index (χ1n) is 6.84. The van der Waals surface area contributed by atoms with Gasteiger partial charge in [-0.25, -0.2) is 4.79 Å². The fourth-order valence-corrected chi connectivity index (χ4v) is 2.47. The van der Waals surface area contributed by atoms with Crippen LogP contribution in [0.3, 0.4) is 0 Å². The maximum Gasteiger partial charge on any atom is 0.321 e. The second kappa shape index (κ2) is 6.00. The van der Waals surface area contributed by atoms with E-state index in [4.69, 9.17) is 5.11 Å². The van der Waals surface area contributed by atoms with Crippen molar-refractivity contribution in [2.75, 3.05) is 18.4 Å². The summed E-state index contributed by atoms with van der Waals surface area (Å²) in [5, 5.41) is 22.5. The number of nitro groups is 1. The zero-order valence-corrected chi connectivity index (χ0v) is 12.3. The molecular formula is C14H17N3O5. The summed E-state index contributed by atoms with van der Waals surface area (Å²) >= 11 is 0. The molecule has 118 valence electrons. The molecule has 0 aromatic heterocycles. The van der Waals surface area contributed by atoms with Gasteiger partial charge in [0.1, 0.15) is 0 Å². The van der Waals surface area contributed by atoms with Crippen LogP contribution in [0.2, 0.25) is 0 Å². The Kier molecular flexibility index (Phi) is 4.30. The van der Waals surface area contributed by atoms with Gasteiger partial charge in [0.25, 0.3) is 5.69 Å². The van der Waals surface area contributed by atoms with Crippen molar-refractivity contribution >= 4 is 23.4 Å². The Hall–Kier alpha value is -2.64. The first kappa shape index (κ1) is 15.7. The largest absolute Gasteiger partial charge is 0.481 e. The van der Waals surface area contributed by atoms with E-state index in [0.717, 1.165) is 0 Å². The van der Waals surface area contributed by atoms with Crippen LogP contribution in [-0.4, -0.2) is 40.0 Å². The summed E-state index contributed by atoms with van der Waals surface area (Å²) in [6, 6.07) is 2.57. The number of nitrogens with one attached hydrogen (secondary N) is 1. The number of anilines is 1. The van der Waals surface area contributed by atoms with Gasteiger partial charge in [-0.15, -0.1) is 0 Å². The number of nitrogens with zero attached hydrogens (tertiary/aromatic N) is 2. The van der Waals surface area contributed by atoms with Crippen LogP contribution >= 0.6 is 0 Å². The minimum Gasteiger partial charge on any atom is -0.481 e. The number of amides is 2. The molecule has 0 saturated carbocycles. The molecule has 22 heavy (non-hydrogen) atoms. The number of hydrogen-bond acceptors (Lipinski definition) is 4. The predicted octanol–water partition coefficient (Wildman–Crippen LogP) is 2.15. The van der Waals surface area contributed by atoms with Gasteiger partial charge in [-0.2, -0.15) is 0 Å². The number of carbonyl (C=O) groups is 2. The molecule has 0 spiro atoms. The summed E-state index contributed by atoms with van der Waals surface area (Å²) in [5.41, 5.74) is 1.53. The molecule has 1 aliphatic rings. The Morgan fingerprint density at radius 3 is 2.59 bits per heavy atom. The van der Waals surface area contributed by atoms with Crippen molar-refractivity contribution in [3.63, 3.8) is 0 Å². The highest BCUT2D eigenvalue weighted by Crippen LogP contribution is 2.26. The van der Waals surface area contributed by atoms with Crippen molar-refractivity contribution in [1.82, 2.24) is 4.90 Å². The van der Waals surface area contributed by atoms with E-state index in [2.05, 4.69) is 5.32 Å². The molecule has 1 fully saturated rings. The second-order valence-corrected chi connectivity index (χ2v) is 5.41. The fraction of sp³-hybridized carbons (Fsp3) is 0.429. The van der Waals surface area contributed by atoms with Gasteiger partial charge in [-0.3, -0.25) is 14.9 Å².